The van der Waals surface area contributed by atoms with Crippen LogP contribution in [-0.4, -0.2) is 37.8 Å². The Labute approximate surface area is 245 Å². The highest BCUT2D eigenvalue weighted by molar-refractivity contribution is 7.92. The second kappa shape index (κ2) is 13.3. The van der Waals surface area contributed by atoms with Gasteiger partial charge in [0.15, 0.2) is 0 Å². The van der Waals surface area contributed by atoms with Gasteiger partial charge in [0.1, 0.15) is 12.4 Å². The molecule has 43 heavy (non-hydrogen) atoms. The number of hydrogen-bond donors (Lipinski definition) is 4. The van der Waals surface area contributed by atoms with Crippen molar-refractivity contribution in [3.8, 4) is 16.9 Å². The lowest BCUT2D eigenvalue weighted by molar-refractivity contribution is -0.137. The molecule has 0 radical (unpaired) electrons. The summed E-state index contributed by atoms with van der Waals surface area (Å²) in [4.78, 5) is 24.6. The molecule has 0 spiro atoms. The van der Waals surface area contributed by atoms with Crippen LogP contribution in [0.5, 0.6) is 5.75 Å². The number of amides is 2. The van der Waals surface area contributed by atoms with Crippen molar-refractivity contribution in [2.24, 2.45) is 0 Å². The predicted molar refractivity (Wildman–Crippen MR) is 155 cm³/mol. The number of aromatic hydroxyl groups is 1. The number of ether oxygens (including phenoxy) is 1. The molecule has 0 saturated carbocycles. The smallest absolute Gasteiger partial charge is 0.416 e. The van der Waals surface area contributed by atoms with Crippen molar-refractivity contribution in [1.29, 1.82) is 0 Å². The van der Waals surface area contributed by atoms with E-state index in [0.29, 0.717) is 11.1 Å². The molecule has 0 aromatic heterocycles. The quantitative estimate of drug-likeness (QED) is 0.128. The van der Waals surface area contributed by atoms with Gasteiger partial charge in [0.05, 0.1) is 17.0 Å². The van der Waals surface area contributed by atoms with Gasteiger partial charge in [0.2, 0.25) is 10.0 Å². The van der Waals surface area contributed by atoms with Crippen LogP contribution in [-0.2, 0) is 27.5 Å². The highest BCUT2D eigenvalue weighted by Crippen LogP contribution is 2.31. The van der Waals surface area contributed by atoms with Gasteiger partial charge in [-0.15, -0.1) is 0 Å². The summed E-state index contributed by atoms with van der Waals surface area (Å²) in [7, 11) is -4.01. The molecular formula is C30H26F3N3O6S. The largest absolute Gasteiger partial charge is 0.506 e. The molecule has 0 aliphatic carbocycles. The number of hydrogen-bond acceptors (Lipinski definition) is 6. The van der Waals surface area contributed by atoms with Crippen molar-refractivity contribution in [1.82, 2.24) is 5.32 Å². The van der Waals surface area contributed by atoms with Gasteiger partial charge in [0, 0.05) is 17.8 Å². The van der Waals surface area contributed by atoms with Crippen molar-refractivity contribution in [2.45, 2.75) is 12.8 Å². The van der Waals surface area contributed by atoms with E-state index in [9.17, 15) is 36.3 Å². The van der Waals surface area contributed by atoms with Crippen LogP contribution < -0.4 is 15.4 Å². The Morgan fingerprint density at radius 3 is 2.09 bits per heavy atom. The summed E-state index contributed by atoms with van der Waals surface area (Å²) >= 11 is 0. The highest BCUT2D eigenvalue weighted by atomic mass is 32.2. The van der Waals surface area contributed by atoms with Crippen molar-refractivity contribution in [3.05, 3.63) is 114 Å². The number of anilines is 2. The third-order valence-electron chi connectivity index (χ3n) is 6.07. The second-order valence-corrected chi connectivity index (χ2v) is 11.1. The van der Waals surface area contributed by atoms with E-state index < -0.39 is 45.3 Å². The van der Waals surface area contributed by atoms with E-state index in [2.05, 4.69) is 15.4 Å². The van der Waals surface area contributed by atoms with Crippen molar-refractivity contribution in [2.75, 3.05) is 22.3 Å². The van der Waals surface area contributed by atoms with Crippen LogP contribution in [0.4, 0.5) is 29.3 Å². The molecule has 0 heterocycles. The molecule has 9 nitrogen and oxygen atoms in total. The normalized spacial score (nSPS) is 11.4. The Bertz CT molecular complexity index is 1680. The van der Waals surface area contributed by atoms with Crippen molar-refractivity contribution < 1.29 is 41.0 Å². The highest BCUT2D eigenvalue weighted by Gasteiger charge is 2.30. The molecule has 13 heteroatoms. The lowest BCUT2D eigenvalue weighted by Crippen LogP contribution is -2.31. The Morgan fingerprint density at radius 1 is 0.837 bits per heavy atom. The van der Waals surface area contributed by atoms with Gasteiger partial charge < -0.3 is 20.5 Å². The van der Waals surface area contributed by atoms with Crippen LogP contribution in [0.25, 0.3) is 11.1 Å². The van der Waals surface area contributed by atoms with Gasteiger partial charge in [-0.05, 0) is 59.2 Å². The molecule has 0 unspecified atom stereocenters. The third kappa shape index (κ3) is 8.97. The number of phenols is 1. The van der Waals surface area contributed by atoms with E-state index in [4.69, 9.17) is 4.74 Å². The van der Waals surface area contributed by atoms with Crippen LogP contribution in [0, 0.1) is 0 Å². The lowest BCUT2D eigenvalue weighted by Gasteiger charge is -2.13. The minimum Gasteiger partial charge on any atom is -0.506 e. The summed E-state index contributed by atoms with van der Waals surface area (Å²) in [6.45, 7) is -0.240. The molecule has 2 amide bonds. The molecule has 0 aliphatic heterocycles. The molecule has 0 fully saturated rings. The maximum absolute atomic E-state index is 12.8. The number of halogens is 3. The number of alkyl carbamates (subject to hydrolysis) is 1. The van der Waals surface area contributed by atoms with Gasteiger partial charge in [-0.2, -0.15) is 13.2 Å². The van der Waals surface area contributed by atoms with Crippen LogP contribution >= 0.6 is 0 Å². The van der Waals surface area contributed by atoms with E-state index >= 15 is 0 Å². The van der Waals surface area contributed by atoms with Gasteiger partial charge in [-0.25, -0.2) is 13.2 Å². The van der Waals surface area contributed by atoms with E-state index in [-0.39, 0.29) is 30.1 Å². The Kier molecular flexibility index (Phi) is 9.56. The van der Waals surface area contributed by atoms with E-state index in [1.54, 1.807) is 36.4 Å². The molecule has 4 aromatic rings. The lowest BCUT2D eigenvalue weighted by atomic mass is 10.0. The molecule has 0 bridgehead atoms. The van der Waals surface area contributed by atoms with E-state index in [1.807, 2.05) is 6.07 Å². The number of carbonyl (C=O) groups excluding carboxylic acids is 2. The summed E-state index contributed by atoms with van der Waals surface area (Å²) in [5.41, 5.74) is 1.36. The fourth-order valence-corrected chi connectivity index (χ4v) is 4.82. The first-order chi connectivity index (χ1) is 20.4. The summed E-state index contributed by atoms with van der Waals surface area (Å²) in [5, 5.41) is 15.1. The number of rotatable bonds is 10. The van der Waals surface area contributed by atoms with Crippen LogP contribution in [0.1, 0.15) is 21.5 Å². The first-order valence-electron chi connectivity index (χ1n) is 12.8. The second-order valence-electron chi connectivity index (χ2n) is 9.25. The maximum Gasteiger partial charge on any atom is 0.416 e. The zero-order valence-electron chi connectivity index (χ0n) is 22.4. The van der Waals surface area contributed by atoms with E-state index in [0.717, 1.165) is 17.7 Å². The Hall–Kier alpha value is -5.04. The monoisotopic (exact) mass is 613 g/mol. The van der Waals surface area contributed by atoms with Crippen molar-refractivity contribution in [3.63, 3.8) is 0 Å². The number of carbonyl (C=O) groups is 2. The summed E-state index contributed by atoms with van der Waals surface area (Å²) in [6, 6.07) is 23.5. The minimum absolute atomic E-state index is 0.0212. The molecule has 4 aromatic carbocycles. The number of benzene rings is 4. The zero-order chi connectivity index (χ0) is 31.0. The van der Waals surface area contributed by atoms with Crippen LogP contribution in [0.3, 0.4) is 0 Å². The third-order valence-corrected chi connectivity index (χ3v) is 7.34. The summed E-state index contributed by atoms with van der Waals surface area (Å²) < 4.78 is 70.7. The summed E-state index contributed by atoms with van der Waals surface area (Å²) in [5.74, 6) is -1.45. The van der Waals surface area contributed by atoms with Gasteiger partial charge in [0.25, 0.3) is 5.91 Å². The first kappa shape index (κ1) is 30.9. The first-order valence-corrected chi connectivity index (χ1v) is 14.4. The zero-order valence-corrected chi connectivity index (χ0v) is 23.2. The molecule has 0 atom stereocenters. The Balaban J connectivity index is 1.31. The number of sulfonamides is 1. The predicted octanol–water partition coefficient (Wildman–Crippen LogP) is 6.00. The fourth-order valence-electron chi connectivity index (χ4n) is 3.84. The Morgan fingerprint density at radius 2 is 1.47 bits per heavy atom. The fraction of sp³-hybridized carbons (Fsp3) is 0.133. The summed E-state index contributed by atoms with van der Waals surface area (Å²) in [6.07, 6.45) is -5.23. The van der Waals surface area contributed by atoms with Gasteiger partial charge in [-0.1, -0.05) is 54.6 Å². The van der Waals surface area contributed by atoms with Crippen molar-refractivity contribution >= 4 is 33.4 Å². The number of nitrogens with one attached hydrogen (secondary N) is 3. The molecule has 0 saturated heterocycles. The average molecular weight is 614 g/mol. The standard InChI is InChI=1S/C30H26F3N3O6S/c31-30(32,33)24-12-10-22(11-13-24)21-6-8-23(9-7-21)28(38)35-25-14-15-27(37)26(18-25)36-43(40,41)17-16-34-29(39)42-19-20-4-2-1-3-5-20/h1-15,18,36-37H,16-17,19H2,(H,34,39)(H,35,38). The molecule has 4 rings (SSSR count). The minimum atomic E-state index is -4.44. The van der Waals surface area contributed by atoms with Crippen LogP contribution in [0.2, 0.25) is 0 Å². The van der Waals surface area contributed by atoms with Gasteiger partial charge in [-0.3, -0.25) is 9.52 Å². The number of phenolic OH excluding ortho intramolecular Hbond substituents is 1. The van der Waals surface area contributed by atoms with Crippen LogP contribution in [0.15, 0.2) is 97.1 Å². The number of alkyl halides is 3. The molecule has 4 N–H and O–H groups in total. The molecule has 224 valence electrons. The van der Waals surface area contributed by atoms with Gasteiger partial charge >= 0.3 is 12.3 Å². The SMILES string of the molecule is O=C(NCCS(=O)(=O)Nc1cc(NC(=O)c2ccc(-c3ccc(C(F)(F)F)cc3)cc2)ccc1O)OCc1ccccc1. The molecule has 0 aliphatic rings. The molecular weight excluding hydrogens is 587 g/mol. The average Bonchev–Trinajstić information content (AvgIpc) is 2.98. The topological polar surface area (TPSA) is 134 Å². The maximum atomic E-state index is 12.8. The van der Waals surface area contributed by atoms with E-state index in [1.165, 1.54) is 42.5 Å².